The minimum Gasteiger partial charge on any atom is -0.314 e. The van der Waals surface area contributed by atoms with E-state index in [0.717, 1.165) is 19.4 Å². The molecule has 2 heterocycles. The number of nitrogens with zero attached hydrogens (tertiary/aromatic N) is 1. The lowest BCUT2D eigenvalue weighted by atomic mass is 10.0. The third kappa shape index (κ3) is 3.44. The summed E-state index contributed by atoms with van der Waals surface area (Å²) in [6.07, 6.45) is 2.98. The zero-order valence-electron chi connectivity index (χ0n) is 10.4. The normalized spacial score (nSPS) is 24.6. The highest BCUT2D eigenvalue weighted by Crippen LogP contribution is 2.15. The van der Waals surface area contributed by atoms with Gasteiger partial charge in [0.25, 0.3) is 0 Å². The topological polar surface area (TPSA) is 86.9 Å². The van der Waals surface area contributed by atoms with Gasteiger partial charge in [-0.1, -0.05) is 0 Å². The fourth-order valence-electron chi connectivity index (χ4n) is 2.13. The molecule has 0 spiro atoms. The van der Waals surface area contributed by atoms with Crippen LogP contribution in [-0.4, -0.2) is 37.2 Å². The number of sulfonamides is 1. The van der Waals surface area contributed by atoms with Gasteiger partial charge in [-0.3, -0.25) is 5.10 Å². The minimum absolute atomic E-state index is 0. The van der Waals surface area contributed by atoms with Crippen LogP contribution < -0.4 is 10.0 Å². The molecular weight excluding hydrogens is 276 g/mol. The van der Waals surface area contributed by atoms with Crippen LogP contribution in [0.3, 0.4) is 0 Å². The second kappa shape index (κ2) is 6.01. The molecule has 1 aromatic heterocycles. The van der Waals surface area contributed by atoms with Crippen LogP contribution in [0.1, 0.15) is 25.5 Å². The van der Waals surface area contributed by atoms with Crippen LogP contribution in [0.4, 0.5) is 0 Å². The van der Waals surface area contributed by atoms with E-state index >= 15 is 0 Å². The Balaban J connectivity index is 0.00000162. The Labute approximate surface area is 113 Å². The SMILES string of the molecule is Cc1[nH]ncc1S(=O)(=O)NC1CCNC(C)C1.Cl. The number of hydrogen-bond donors (Lipinski definition) is 3. The quantitative estimate of drug-likeness (QED) is 0.760. The number of H-pyrrole nitrogens is 1. The number of hydrogen-bond acceptors (Lipinski definition) is 4. The smallest absolute Gasteiger partial charge is 0.244 e. The molecule has 8 heteroatoms. The average Bonchev–Trinajstić information content (AvgIpc) is 2.64. The van der Waals surface area contributed by atoms with Crippen LogP contribution in [0, 0.1) is 6.92 Å². The van der Waals surface area contributed by atoms with E-state index in [4.69, 9.17) is 0 Å². The second-order valence-corrected chi connectivity index (χ2v) is 6.24. The predicted octanol–water partition coefficient (Wildman–Crippen LogP) is 0.559. The van der Waals surface area contributed by atoms with E-state index in [1.54, 1.807) is 6.92 Å². The Morgan fingerprint density at radius 1 is 1.50 bits per heavy atom. The summed E-state index contributed by atoms with van der Waals surface area (Å²) in [4.78, 5) is 0.240. The number of aromatic amines is 1. The first-order valence-corrected chi connectivity index (χ1v) is 7.23. The van der Waals surface area contributed by atoms with Gasteiger partial charge >= 0.3 is 0 Å². The highest BCUT2D eigenvalue weighted by molar-refractivity contribution is 7.89. The molecule has 1 saturated heterocycles. The van der Waals surface area contributed by atoms with Crippen LogP contribution in [0.25, 0.3) is 0 Å². The number of aromatic nitrogens is 2. The highest BCUT2D eigenvalue weighted by atomic mass is 35.5. The summed E-state index contributed by atoms with van der Waals surface area (Å²) >= 11 is 0. The molecule has 1 aliphatic rings. The molecule has 0 saturated carbocycles. The van der Waals surface area contributed by atoms with Gasteiger partial charge in [0, 0.05) is 12.1 Å². The summed E-state index contributed by atoms with van der Waals surface area (Å²) in [5, 5.41) is 9.67. The number of aryl methyl sites for hydroxylation is 1. The molecule has 0 radical (unpaired) electrons. The van der Waals surface area contributed by atoms with Crippen molar-refractivity contribution in [3.05, 3.63) is 11.9 Å². The molecule has 2 unspecified atom stereocenters. The van der Waals surface area contributed by atoms with Crippen LogP contribution in [0.2, 0.25) is 0 Å². The maximum absolute atomic E-state index is 12.1. The van der Waals surface area contributed by atoms with Crippen molar-refractivity contribution in [2.75, 3.05) is 6.54 Å². The first-order valence-electron chi connectivity index (χ1n) is 5.75. The third-order valence-corrected chi connectivity index (χ3v) is 4.65. The van der Waals surface area contributed by atoms with Crippen molar-refractivity contribution in [1.29, 1.82) is 0 Å². The Hall–Kier alpha value is -0.630. The standard InChI is InChI=1S/C10H18N4O2S.ClH/c1-7-5-9(3-4-11-7)14-17(15,16)10-6-12-13-8(10)2;/h6-7,9,11,14H,3-5H2,1-2H3,(H,12,13);1H. The first kappa shape index (κ1) is 15.4. The summed E-state index contributed by atoms with van der Waals surface area (Å²) < 4.78 is 26.9. The molecule has 104 valence electrons. The lowest BCUT2D eigenvalue weighted by Gasteiger charge is -2.28. The Morgan fingerprint density at radius 2 is 2.22 bits per heavy atom. The molecule has 6 nitrogen and oxygen atoms in total. The average molecular weight is 295 g/mol. The zero-order chi connectivity index (χ0) is 12.5. The van der Waals surface area contributed by atoms with Crippen molar-refractivity contribution in [2.45, 2.75) is 43.7 Å². The summed E-state index contributed by atoms with van der Waals surface area (Å²) in [7, 11) is -3.44. The van der Waals surface area contributed by atoms with Crippen molar-refractivity contribution >= 4 is 22.4 Å². The Morgan fingerprint density at radius 3 is 2.78 bits per heavy atom. The lowest BCUT2D eigenvalue weighted by Crippen LogP contribution is -2.46. The van der Waals surface area contributed by atoms with E-state index in [0.29, 0.717) is 11.7 Å². The Bertz CT molecular complexity index is 488. The van der Waals surface area contributed by atoms with Crippen molar-refractivity contribution in [3.8, 4) is 0 Å². The zero-order valence-corrected chi connectivity index (χ0v) is 12.1. The predicted molar refractivity (Wildman–Crippen MR) is 71.4 cm³/mol. The molecule has 2 atom stereocenters. The van der Waals surface area contributed by atoms with Crippen LogP contribution in [0.5, 0.6) is 0 Å². The molecule has 1 aromatic rings. The van der Waals surface area contributed by atoms with Crippen molar-refractivity contribution in [3.63, 3.8) is 0 Å². The Kier molecular flexibility index (Phi) is 5.15. The van der Waals surface area contributed by atoms with E-state index < -0.39 is 10.0 Å². The molecule has 1 aliphatic heterocycles. The number of piperidine rings is 1. The fraction of sp³-hybridized carbons (Fsp3) is 0.700. The molecule has 1 fully saturated rings. The number of halogens is 1. The molecule has 2 rings (SSSR count). The van der Waals surface area contributed by atoms with Crippen LogP contribution in [-0.2, 0) is 10.0 Å². The van der Waals surface area contributed by atoms with Crippen molar-refractivity contribution in [1.82, 2.24) is 20.2 Å². The number of nitrogens with one attached hydrogen (secondary N) is 3. The van der Waals surface area contributed by atoms with Gasteiger partial charge in [-0.25, -0.2) is 13.1 Å². The molecule has 0 amide bonds. The molecule has 18 heavy (non-hydrogen) atoms. The van der Waals surface area contributed by atoms with Gasteiger partial charge in [-0.05, 0) is 33.2 Å². The summed E-state index contributed by atoms with van der Waals surface area (Å²) in [5.41, 5.74) is 0.569. The van der Waals surface area contributed by atoms with Crippen molar-refractivity contribution in [2.24, 2.45) is 0 Å². The van der Waals surface area contributed by atoms with Crippen LogP contribution in [0.15, 0.2) is 11.1 Å². The summed E-state index contributed by atoms with van der Waals surface area (Å²) in [5.74, 6) is 0. The molecule has 0 aliphatic carbocycles. The van der Waals surface area contributed by atoms with Gasteiger partial charge in [0.2, 0.25) is 10.0 Å². The number of rotatable bonds is 3. The van der Waals surface area contributed by atoms with E-state index in [1.807, 2.05) is 0 Å². The van der Waals surface area contributed by atoms with E-state index in [2.05, 4.69) is 27.2 Å². The monoisotopic (exact) mass is 294 g/mol. The molecule has 0 bridgehead atoms. The summed E-state index contributed by atoms with van der Waals surface area (Å²) in [6.45, 7) is 4.61. The van der Waals surface area contributed by atoms with E-state index in [1.165, 1.54) is 6.20 Å². The van der Waals surface area contributed by atoms with Crippen molar-refractivity contribution < 1.29 is 8.42 Å². The van der Waals surface area contributed by atoms with E-state index in [9.17, 15) is 8.42 Å². The largest absolute Gasteiger partial charge is 0.314 e. The van der Waals surface area contributed by atoms with Gasteiger partial charge in [0.1, 0.15) is 4.90 Å². The van der Waals surface area contributed by atoms with E-state index in [-0.39, 0.29) is 23.3 Å². The molecule has 0 aromatic carbocycles. The van der Waals surface area contributed by atoms with Gasteiger partial charge in [-0.2, -0.15) is 5.10 Å². The third-order valence-electron chi connectivity index (χ3n) is 3.02. The van der Waals surface area contributed by atoms with Gasteiger partial charge in [0.15, 0.2) is 0 Å². The fourth-order valence-corrected chi connectivity index (χ4v) is 3.55. The molecular formula is C10H19ClN4O2S. The lowest BCUT2D eigenvalue weighted by molar-refractivity contribution is 0.361. The minimum atomic E-state index is -3.44. The second-order valence-electron chi connectivity index (χ2n) is 4.56. The van der Waals surface area contributed by atoms with Gasteiger partial charge < -0.3 is 5.32 Å². The molecule has 3 N–H and O–H groups in total. The maximum atomic E-state index is 12.1. The highest BCUT2D eigenvalue weighted by Gasteiger charge is 2.26. The van der Waals surface area contributed by atoms with Gasteiger partial charge in [0.05, 0.1) is 11.9 Å². The maximum Gasteiger partial charge on any atom is 0.244 e. The van der Waals surface area contributed by atoms with Gasteiger partial charge in [-0.15, -0.1) is 12.4 Å². The first-order chi connectivity index (χ1) is 7.99. The van der Waals surface area contributed by atoms with Crippen LogP contribution >= 0.6 is 12.4 Å². The summed E-state index contributed by atoms with van der Waals surface area (Å²) in [6, 6.07) is 0.354.